The van der Waals surface area contributed by atoms with E-state index in [9.17, 15) is 14.7 Å². The van der Waals surface area contributed by atoms with Crippen LogP contribution in [0.4, 0.5) is 0 Å². The molecule has 1 aliphatic carbocycles. The molecule has 5 heteroatoms. The molecule has 1 saturated carbocycles. The first-order valence-electron chi connectivity index (χ1n) is 8.34. The number of hydrogen-bond donors (Lipinski definition) is 1. The van der Waals surface area contributed by atoms with Gasteiger partial charge in [0.2, 0.25) is 5.91 Å². The Kier molecular flexibility index (Phi) is 6.43. The fourth-order valence-electron chi connectivity index (χ4n) is 3.75. The van der Waals surface area contributed by atoms with Gasteiger partial charge in [0.1, 0.15) is 0 Å². The molecule has 2 rings (SSSR count). The SMILES string of the molecule is C=CCOC[C@H]1CCCN1C(=O)C[C@H](C(=O)O)C1CCCC1. The Morgan fingerprint density at radius 2 is 2.00 bits per heavy atom. The van der Waals surface area contributed by atoms with Crippen molar-refractivity contribution in [3.05, 3.63) is 12.7 Å². The van der Waals surface area contributed by atoms with Gasteiger partial charge in [0.15, 0.2) is 0 Å². The average Bonchev–Trinajstić information content (AvgIpc) is 3.15. The van der Waals surface area contributed by atoms with E-state index >= 15 is 0 Å². The number of carbonyl (C=O) groups excluding carboxylic acids is 1. The summed E-state index contributed by atoms with van der Waals surface area (Å²) in [6, 6.07) is 0.0884. The summed E-state index contributed by atoms with van der Waals surface area (Å²) < 4.78 is 5.47. The van der Waals surface area contributed by atoms with Crippen molar-refractivity contribution < 1.29 is 19.4 Å². The normalized spacial score (nSPS) is 23.6. The van der Waals surface area contributed by atoms with E-state index in [0.29, 0.717) is 13.2 Å². The van der Waals surface area contributed by atoms with E-state index in [1.54, 1.807) is 6.08 Å². The monoisotopic (exact) mass is 309 g/mol. The van der Waals surface area contributed by atoms with Crippen molar-refractivity contribution in [2.45, 2.75) is 51.0 Å². The number of carbonyl (C=O) groups is 2. The Morgan fingerprint density at radius 3 is 2.64 bits per heavy atom. The van der Waals surface area contributed by atoms with Gasteiger partial charge in [-0.15, -0.1) is 6.58 Å². The first kappa shape index (κ1) is 17.0. The summed E-state index contributed by atoms with van der Waals surface area (Å²) in [6.45, 7) is 5.33. The van der Waals surface area contributed by atoms with Crippen LogP contribution in [-0.2, 0) is 14.3 Å². The molecule has 1 saturated heterocycles. The highest BCUT2D eigenvalue weighted by molar-refractivity contribution is 5.83. The van der Waals surface area contributed by atoms with Gasteiger partial charge in [-0.3, -0.25) is 9.59 Å². The predicted molar refractivity (Wildman–Crippen MR) is 83.5 cm³/mol. The van der Waals surface area contributed by atoms with Crippen LogP contribution >= 0.6 is 0 Å². The first-order valence-corrected chi connectivity index (χ1v) is 8.34. The van der Waals surface area contributed by atoms with Crippen molar-refractivity contribution in [2.75, 3.05) is 19.8 Å². The largest absolute Gasteiger partial charge is 0.481 e. The highest BCUT2D eigenvalue weighted by Crippen LogP contribution is 2.34. The molecule has 1 N–H and O–H groups in total. The van der Waals surface area contributed by atoms with E-state index in [4.69, 9.17) is 4.74 Å². The van der Waals surface area contributed by atoms with Crippen LogP contribution in [0.5, 0.6) is 0 Å². The third-order valence-corrected chi connectivity index (χ3v) is 4.92. The van der Waals surface area contributed by atoms with E-state index < -0.39 is 11.9 Å². The van der Waals surface area contributed by atoms with Gasteiger partial charge in [0, 0.05) is 13.0 Å². The second-order valence-corrected chi connectivity index (χ2v) is 6.40. The standard InChI is InChI=1S/C17H27NO4/c1-2-10-22-12-14-8-5-9-18(14)16(19)11-15(17(20)21)13-6-3-4-7-13/h2,13-15H,1,3-12H2,(H,20,21)/t14-,15+/m1/s1. The molecule has 0 spiro atoms. The molecular formula is C17H27NO4. The summed E-state index contributed by atoms with van der Waals surface area (Å²) in [5.74, 6) is -1.20. The Bertz CT molecular complexity index is 403. The fraction of sp³-hybridized carbons (Fsp3) is 0.765. The first-order chi connectivity index (χ1) is 10.6. The lowest BCUT2D eigenvalue weighted by atomic mass is 9.87. The Morgan fingerprint density at radius 1 is 1.27 bits per heavy atom. The van der Waals surface area contributed by atoms with E-state index in [2.05, 4.69) is 6.58 Å². The van der Waals surface area contributed by atoms with Gasteiger partial charge < -0.3 is 14.7 Å². The quantitative estimate of drug-likeness (QED) is 0.552. The molecule has 0 aromatic rings. The third-order valence-electron chi connectivity index (χ3n) is 4.92. The minimum atomic E-state index is -0.820. The van der Waals surface area contributed by atoms with Gasteiger partial charge in [-0.1, -0.05) is 18.9 Å². The van der Waals surface area contributed by atoms with Crippen LogP contribution in [0.3, 0.4) is 0 Å². The van der Waals surface area contributed by atoms with Crippen LogP contribution in [0.25, 0.3) is 0 Å². The minimum absolute atomic E-state index is 0.0241. The number of amides is 1. The Labute approximate surface area is 132 Å². The van der Waals surface area contributed by atoms with Crippen LogP contribution < -0.4 is 0 Å². The van der Waals surface area contributed by atoms with Crippen molar-refractivity contribution in [1.29, 1.82) is 0 Å². The number of ether oxygens (including phenoxy) is 1. The molecule has 1 heterocycles. The Hall–Kier alpha value is -1.36. The van der Waals surface area contributed by atoms with E-state index in [0.717, 1.165) is 45.1 Å². The summed E-state index contributed by atoms with van der Waals surface area (Å²) in [4.78, 5) is 25.9. The lowest BCUT2D eigenvalue weighted by molar-refractivity contribution is -0.148. The molecule has 124 valence electrons. The van der Waals surface area contributed by atoms with Gasteiger partial charge in [-0.2, -0.15) is 0 Å². The maximum Gasteiger partial charge on any atom is 0.307 e. The van der Waals surface area contributed by atoms with E-state index in [1.807, 2.05) is 4.90 Å². The highest BCUT2D eigenvalue weighted by atomic mass is 16.5. The van der Waals surface area contributed by atoms with Crippen LogP contribution in [0, 0.1) is 11.8 Å². The van der Waals surface area contributed by atoms with Gasteiger partial charge >= 0.3 is 5.97 Å². The van der Waals surface area contributed by atoms with Crippen molar-refractivity contribution in [2.24, 2.45) is 11.8 Å². The molecule has 2 aliphatic rings. The molecule has 5 nitrogen and oxygen atoms in total. The van der Waals surface area contributed by atoms with Crippen molar-refractivity contribution >= 4 is 11.9 Å². The molecule has 0 radical (unpaired) electrons. The number of nitrogens with zero attached hydrogens (tertiary/aromatic N) is 1. The second-order valence-electron chi connectivity index (χ2n) is 6.40. The molecule has 0 aromatic heterocycles. The third kappa shape index (κ3) is 4.32. The van der Waals surface area contributed by atoms with Gasteiger partial charge in [-0.05, 0) is 31.6 Å². The fourth-order valence-corrected chi connectivity index (χ4v) is 3.75. The lowest BCUT2D eigenvalue weighted by Crippen LogP contribution is -2.40. The van der Waals surface area contributed by atoms with Gasteiger partial charge in [-0.25, -0.2) is 0 Å². The van der Waals surface area contributed by atoms with Crippen molar-refractivity contribution in [3.63, 3.8) is 0 Å². The molecule has 22 heavy (non-hydrogen) atoms. The van der Waals surface area contributed by atoms with Gasteiger partial charge in [0.25, 0.3) is 0 Å². The number of carboxylic acid groups (broad SMARTS) is 1. The highest BCUT2D eigenvalue weighted by Gasteiger charge is 2.36. The topological polar surface area (TPSA) is 66.8 Å². The smallest absolute Gasteiger partial charge is 0.307 e. The number of carboxylic acids is 1. The average molecular weight is 309 g/mol. The molecule has 0 aromatic carbocycles. The number of aliphatic carboxylic acids is 1. The Balaban J connectivity index is 1.90. The lowest BCUT2D eigenvalue weighted by Gasteiger charge is -2.27. The summed E-state index contributed by atoms with van der Waals surface area (Å²) in [6.07, 6.45) is 7.79. The summed E-state index contributed by atoms with van der Waals surface area (Å²) in [7, 11) is 0. The molecule has 1 aliphatic heterocycles. The molecule has 2 atom stereocenters. The van der Waals surface area contributed by atoms with Crippen LogP contribution in [0.1, 0.15) is 44.9 Å². The minimum Gasteiger partial charge on any atom is -0.481 e. The zero-order valence-electron chi connectivity index (χ0n) is 13.2. The summed E-state index contributed by atoms with van der Waals surface area (Å²) in [5.41, 5.74) is 0. The van der Waals surface area contributed by atoms with Crippen molar-refractivity contribution in [1.82, 2.24) is 4.90 Å². The summed E-state index contributed by atoms with van der Waals surface area (Å²) >= 11 is 0. The number of rotatable bonds is 8. The van der Waals surface area contributed by atoms with E-state index in [-0.39, 0.29) is 24.3 Å². The van der Waals surface area contributed by atoms with Gasteiger partial charge in [0.05, 0.1) is 25.2 Å². The molecule has 0 bridgehead atoms. The predicted octanol–water partition coefficient (Wildman–Crippen LogP) is 2.46. The second kappa shape index (κ2) is 8.32. The maximum absolute atomic E-state index is 12.5. The number of likely N-dealkylation sites (tertiary alicyclic amines) is 1. The number of hydrogen-bond acceptors (Lipinski definition) is 3. The summed E-state index contributed by atoms with van der Waals surface area (Å²) in [5, 5.41) is 9.46. The van der Waals surface area contributed by atoms with E-state index in [1.165, 1.54) is 0 Å². The zero-order valence-corrected chi connectivity index (χ0v) is 13.2. The van der Waals surface area contributed by atoms with Crippen LogP contribution in [0.15, 0.2) is 12.7 Å². The van der Waals surface area contributed by atoms with Crippen molar-refractivity contribution in [3.8, 4) is 0 Å². The molecule has 1 amide bonds. The zero-order chi connectivity index (χ0) is 15.9. The van der Waals surface area contributed by atoms with Crippen LogP contribution in [0.2, 0.25) is 0 Å². The maximum atomic E-state index is 12.5. The van der Waals surface area contributed by atoms with Crippen LogP contribution in [-0.4, -0.2) is 47.7 Å². The molecule has 2 fully saturated rings. The molecule has 0 unspecified atom stereocenters. The molecular weight excluding hydrogens is 282 g/mol.